The summed E-state index contributed by atoms with van der Waals surface area (Å²) in [7, 11) is 0. The lowest BCUT2D eigenvalue weighted by molar-refractivity contribution is -0.143. The Kier molecular flexibility index (Phi) is 51.5. The number of carbonyl (C=O) groups is 2. The van der Waals surface area contributed by atoms with Crippen LogP contribution in [0.15, 0.2) is 0 Å². The number of unbranched alkanes of at least 4 members (excludes halogenated alkanes) is 42. The summed E-state index contributed by atoms with van der Waals surface area (Å²) in [5.74, 6) is -0.0474. The van der Waals surface area contributed by atoms with Crippen molar-refractivity contribution in [3.63, 3.8) is 0 Å². The highest BCUT2D eigenvalue weighted by Gasteiger charge is 2.20. The Morgan fingerprint density at radius 3 is 0.984 bits per heavy atom. The van der Waals surface area contributed by atoms with Crippen LogP contribution in [-0.4, -0.2) is 47.4 Å². The average molecular weight is 879 g/mol. The van der Waals surface area contributed by atoms with Crippen LogP contribution in [0.4, 0.5) is 0 Å². The van der Waals surface area contributed by atoms with E-state index in [9.17, 15) is 19.8 Å². The molecule has 0 aromatic heterocycles. The standard InChI is InChI=1S/C56H111NO5/c1-3-5-7-9-11-13-15-17-18-19-20-21-22-23-25-28-32-36-40-44-48-54(59)53(52-58)57-55(60)49-45-41-37-33-29-26-24-27-31-35-39-43-47-51-62-56(61)50-46-42-38-34-30-16-14-12-10-8-6-4-2/h53-54,58-59H,3-52H2,1-2H3,(H,57,60). The number of carbonyl (C=O) groups excluding carboxylic acids is 2. The van der Waals surface area contributed by atoms with E-state index in [1.807, 2.05) is 0 Å². The largest absolute Gasteiger partial charge is 0.466 e. The van der Waals surface area contributed by atoms with E-state index < -0.39 is 12.1 Å². The van der Waals surface area contributed by atoms with Gasteiger partial charge in [-0.1, -0.05) is 284 Å². The Balaban J connectivity index is 3.44. The van der Waals surface area contributed by atoms with Crippen molar-refractivity contribution < 1.29 is 24.5 Å². The third kappa shape index (κ3) is 48.3. The minimum atomic E-state index is -0.672. The van der Waals surface area contributed by atoms with Gasteiger partial charge >= 0.3 is 5.97 Å². The fourth-order valence-corrected chi connectivity index (χ4v) is 9.05. The van der Waals surface area contributed by atoms with E-state index in [0.717, 1.165) is 51.4 Å². The second-order valence-corrected chi connectivity index (χ2v) is 19.6. The van der Waals surface area contributed by atoms with Gasteiger partial charge in [0.05, 0.1) is 25.4 Å². The van der Waals surface area contributed by atoms with Gasteiger partial charge in [-0.15, -0.1) is 0 Å². The molecule has 6 nitrogen and oxygen atoms in total. The van der Waals surface area contributed by atoms with Gasteiger partial charge in [0.2, 0.25) is 5.91 Å². The van der Waals surface area contributed by atoms with Crippen LogP contribution < -0.4 is 5.32 Å². The lowest BCUT2D eigenvalue weighted by atomic mass is 10.0. The van der Waals surface area contributed by atoms with E-state index in [-0.39, 0.29) is 18.5 Å². The molecule has 0 heterocycles. The topological polar surface area (TPSA) is 95.9 Å². The molecule has 0 aromatic rings. The maximum absolute atomic E-state index is 12.5. The number of amides is 1. The smallest absolute Gasteiger partial charge is 0.305 e. The third-order valence-corrected chi connectivity index (χ3v) is 13.4. The maximum Gasteiger partial charge on any atom is 0.305 e. The highest BCUT2D eigenvalue weighted by Crippen LogP contribution is 2.18. The van der Waals surface area contributed by atoms with E-state index in [1.165, 1.54) is 238 Å². The molecule has 0 aliphatic carbocycles. The number of ether oxygens (including phenoxy) is 1. The first kappa shape index (κ1) is 60.9. The summed E-state index contributed by atoms with van der Waals surface area (Å²) in [4.78, 5) is 24.5. The second kappa shape index (κ2) is 52.5. The van der Waals surface area contributed by atoms with Crippen molar-refractivity contribution in [2.75, 3.05) is 13.2 Å². The minimum absolute atomic E-state index is 0.00355. The molecule has 0 aliphatic rings. The predicted molar refractivity (Wildman–Crippen MR) is 269 cm³/mol. The summed E-state index contributed by atoms with van der Waals surface area (Å²) < 4.78 is 5.46. The second-order valence-electron chi connectivity index (χ2n) is 19.6. The van der Waals surface area contributed by atoms with Crippen molar-refractivity contribution in [1.29, 1.82) is 0 Å². The Labute approximate surface area is 387 Å². The minimum Gasteiger partial charge on any atom is -0.466 e. The molecule has 2 atom stereocenters. The molecule has 6 heteroatoms. The number of aliphatic hydroxyl groups excluding tert-OH is 2. The first-order valence-electron chi connectivity index (χ1n) is 28.3. The third-order valence-electron chi connectivity index (χ3n) is 13.4. The van der Waals surface area contributed by atoms with Gasteiger partial charge in [0.1, 0.15) is 0 Å². The molecule has 1 amide bonds. The molecule has 2 unspecified atom stereocenters. The van der Waals surface area contributed by atoms with Crippen LogP contribution in [0, 0.1) is 0 Å². The number of hydrogen-bond acceptors (Lipinski definition) is 5. The molecule has 0 saturated heterocycles. The quantitative estimate of drug-likeness (QED) is 0.0418. The molecule has 0 rings (SSSR count). The zero-order chi connectivity index (χ0) is 45.1. The van der Waals surface area contributed by atoms with Crippen LogP contribution in [0.3, 0.4) is 0 Å². The van der Waals surface area contributed by atoms with Crippen LogP contribution in [0.2, 0.25) is 0 Å². The van der Waals surface area contributed by atoms with Crippen molar-refractivity contribution in [3.05, 3.63) is 0 Å². The Morgan fingerprint density at radius 1 is 0.387 bits per heavy atom. The number of rotatable bonds is 53. The monoisotopic (exact) mass is 878 g/mol. The fraction of sp³-hybridized carbons (Fsp3) is 0.964. The van der Waals surface area contributed by atoms with Crippen LogP contribution in [0.5, 0.6) is 0 Å². The van der Waals surface area contributed by atoms with Crippen LogP contribution in [0.25, 0.3) is 0 Å². The normalized spacial score (nSPS) is 12.5. The number of aliphatic hydroxyl groups is 2. The van der Waals surface area contributed by atoms with E-state index >= 15 is 0 Å². The van der Waals surface area contributed by atoms with Crippen molar-refractivity contribution >= 4 is 11.9 Å². The molecule has 0 spiro atoms. The number of nitrogens with one attached hydrogen (secondary N) is 1. The summed E-state index contributed by atoms with van der Waals surface area (Å²) >= 11 is 0. The SMILES string of the molecule is CCCCCCCCCCCCCCCCCCCCCCC(O)C(CO)NC(=O)CCCCCCCCCCCCCCCOC(=O)CCCCCCCCCCCCCC. The molecule has 0 aromatic carbocycles. The molecule has 3 N–H and O–H groups in total. The van der Waals surface area contributed by atoms with Crippen molar-refractivity contribution in [2.45, 2.75) is 334 Å². The van der Waals surface area contributed by atoms with E-state index in [2.05, 4.69) is 19.2 Å². The van der Waals surface area contributed by atoms with Gasteiger partial charge in [0.15, 0.2) is 0 Å². The summed E-state index contributed by atoms with van der Waals surface area (Å²) in [5, 5.41) is 23.3. The summed E-state index contributed by atoms with van der Waals surface area (Å²) in [6.07, 6.45) is 59.4. The Hall–Kier alpha value is -1.14. The Morgan fingerprint density at radius 2 is 0.661 bits per heavy atom. The first-order chi connectivity index (χ1) is 30.5. The Bertz CT molecular complexity index is 882. The van der Waals surface area contributed by atoms with Crippen molar-refractivity contribution in [3.8, 4) is 0 Å². The molecule has 0 radical (unpaired) electrons. The number of hydrogen-bond donors (Lipinski definition) is 3. The van der Waals surface area contributed by atoms with Crippen LogP contribution in [0.1, 0.15) is 322 Å². The fourth-order valence-electron chi connectivity index (χ4n) is 9.05. The summed E-state index contributed by atoms with van der Waals surface area (Å²) in [5.41, 5.74) is 0. The molecular weight excluding hydrogens is 767 g/mol. The predicted octanol–water partition coefficient (Wildman–Crippen LogP) is 17.1. The highest BCUT2D eigenvalue weighted by atomic mass is 16.5. The summed E-state index contributed by atoms with van der Waals surface area (Å²) in [6, 6.07) is -0.550. The van der Waals surface area contributed by atoms with Crippen LogP contribution >= 0.6 is 0 Å². The highest BCUT2D eigenvalue weighted by molar-refractivity contribution is 5.76. The molecular formula is C56H111NO5. The zero-order valence-electron chi connectivity index (χ0n) is 42.1. The number of esters is 1. The molecule has 0 saturated carbocycles. The average Bonchev–Trinajstić information content (AvgIpc) is 3.27. The maximum atomic E-state index is 12.5. The molecule has 62 heavy (non-hydrogen) atoms. The van der Waals surface area contributed by atoms with E-state index in [1.54, 1.807) is 0 Å². The van der Waals surface area contributed by atoms with Gasteiger partial charge in [0.25, 0.3) is 0 Å². The molecule has 0 aliphatic heterocycles. The molecule has 0 bridgehead atoms. The van der Waals surface area contributed by atoms with Gasteiger partial charge in [-0.2, -0.15) is 0 Å². The lowest BCUT2D eigenvalue weighted by Gasteiger charge is -2.22. The van der Waals surface area contributed by atoms with Gasteiger partial charge in [-0.05, 0) is 25.7 Å². The molecule has 370 valence electrons. The van der Waals surface area contributed by atoms with E-state index in [0.29, 0.717) is 25.9 Å². The van der Waals surface area contributed by atoms with E-state index in [4.69, 9.17) is 4.74 Å². The lowest BCUT2D eigenvalue weighted by Crippen LogP contribution is -2.45. The van der Waals surface area contributed by atoms with Gasteiger partial charge in [-0.3, -0.25) is 9.59 Å². The van der Waals surface area contributed by atoms with Gasteiger partial charge in [0, 0.05) is 12.8 Å². The first-order valence-corrected chi connectivity index (χ1v) is 28.3. The zero-order valence-corrected chi connectivity index (χ0v) is 42.1. The van der Waals surface area contributed by atoms with Crippen LogP contribution in [-0.2, 0) is 14.3 Å². The van der Waals surface area contributed by atoms with Crippen molar-refractivity contribution in [1.82, 2.24) is 5.32 Å². The van der Waals surface area contributed by atoms with Gasteiger partial charge < -0.3 is 20.3 Å². The molecule has 0 fully saturated rings. The summed E-state index contributed by atoms with van der Waals surface area (Å²) in [6.45, 7) is 4.95. The van der Waals surface area contributed by atoms with Crippen molar-refractivity contribution in [2.24, 2.45) is 0 Å². The van der Waals surface area contributed by atoms with Gasteiger partial charge in [-0.25, -0.2) is 0 Å².